The lowest BCUT2D eigenvalue weighted by Crippen LogP contribution is -2.48. The van der Waals surface area contributed by atoms with Crippen molar-refractivity contribution >= 4 is 46.6 Å². The average molecular weight is 428 g/mol. The Bertz CT molecular complexity index is 789. The van der Waals surface area contributed by atoms with Gasteiger partial charge in [-0.1, -0.05) is 59.9 Å². The fraction of sp³-hybridized carbons (Fsp3) is 0.300. The summed E-state index contributed by atoms with van der Waals surface area (Å²) in [6.07, 6.45) is 0.495. The number of halogens is 3. The molecule has 2 aromatic carbocycles. The van der Waals surface area contributed by atoms with E-state index in [4.69, 9.17) is 34.8 Å². The molecule has 0 aromatic heterocycles. The van der Waals surface area contributed by atoms with E-state index in [1.165, 1.54) is 0 Å². The van der Waals surface area contributed by atoms with E-state index in [0.29, 0.717) is 27.1 Å². The molecule has 0 heterocycles. The summed E-state index contributed by atoms with van der Waals surface area (Å²) in [5, 5.41) is 4.09. The van der Waals surface area contributed by atoms with Crippen LogP contribution in [0.5, 0.6) is 0 Å². The number of benzene rings is 2. The van der Waals surface area contributed by atoms with Gasteiger partial charge in [-0.2, -0.15) is 0 Å². The van der Waals surface area contributed by atoms with E-state index < -0.39 is 6.04 Å². The van der Waals surface area contributed by atoms with Crippen molar-refractivity contribution in [3.05, 3.63) is 68.7 Å². The van der Waals surface area contributed by atoms with Crippen molar-refractivity contribution in [1.29, 1.82) is 0 Å². The smallest absolute Gasteiger partial charge is 0.242 e. The summed E-state index contributed by atoms with van der Waals surface area (Å²) in [5.74, 6) is -0.444. The minimum Gasteiger partial charge on any atom is -0.357 e. The van der Waals surface area contributed by atoms with E-state index in [-0.39, 0.29) is 24.8 Å². The summed E-state index contributed by atoms with van der Waals surface area (Å²) < 4.78 is 0. The second kappa shape index (κ2) is 9.98. The van der Waals surface area contributed by atoms with Crippen LogP contribution < -0.4 is 5.32 Å². The number of carbonyl (C=O) groups excluding carboxylic acids is 2. The Morgan fingerprint density at radius 1 is 1.04 bits per heavy atom. The van der Waals surface area contributed by atoms with E-state index in [1.54, 1.807) is 42.3 Å². The molecule has 0 radical (unpaired) electrons. The molecule has 2 aromatic rings. The number of nitrogens with zero attached hydrogens (tertiary/aromatic N) is 1. The van der Waals surface area contributed by atoms with Crippen molar-refractivity contribution in [3.63, 3.8) is 0 Å². The molecule has 0 saturated heterocycles. The Balaban J connectivity index is 2.33. The molecule has 0 saturated carbocycles. The maximum Gasteiger partial charge on any atom is 0.242 e. The van der Waals surface area contributed by atoms with Crippen molar-refractivity contribution in [3.8, 4) is 0 Å². The molecule has 0 bridgehead atoms. The number of hydrogen-bond donors (Lipinski definition) is 1. The first-order chi connectivity index (χ1) is 12.9. The van der Waals surface area contributed by atoms with Crippen molar-refractivity contribution in [2.24, 2.45) is 0 Å². The second-order valence-corrected chi connectivity index (χ2v) is 7.31. The molecule has 0 spiro atoms. The number of rotatable bonds is 7. The Hall–Kier alpha value is -1.75. The highest BCUT2D eigenvalue weighted by molar-refractivity contribution is 6.36. The predicted molar refractivity (Wildman–Crippen MR) is 110 cm³/mol. The minimum atomic E-state index is -0.598. The Morgan fingerprint density at radius 2 is 1.63 bits per heavy atom. The fourth-order valence-corrected chi connectivity index (χ4v) is 3.48. The Kier molecular flexibility index (Phi) is 7.96. The van der Waals surface area contributed by atoms with Gasteiger partial charge < -0.3 is 10.2 Å². The van der Waals surface area contributed by atoms with Crippen LogP contribution >= 0.6 is 34.8 Å². The molecular weight excluding hydrogens is 407 g/mol. The summed E-state index contributed by atoms with van der Waals surface area (Å²) in [6, 6.07) is 11.7. The normalized spacial score (nSPS) is 11.7. The lowest BCUT2D eigenvalue weighted by molar-refractivity contribution is -0.140. The molecule has 0 fully saturated rings. The van der Waals surface area contributed by atoms with E-state index in [0.717, 1.165) is 5.56 Å². The number of likely N-dealkylation sites (N-methyl/N-ethyl adjacent to an activating group) is 1. The molecule has 4 nitrogen and oxygen atoms in total. The average Bonchev–Trinajstić information content (AvgIpc) is 2.65. The van der Waals surface area contributed by atoms with Crippen molar-refractivity contribution < 1.29 is 9.59 Å². The molecule has 27 heavy (non-hydrogen) atoms. The SMILES string of the molecule is CC[C@H](C(=O)NC)N(Cc1ccc(Cl)cc1)C(=O)Cc1c(Cl)cccc1Cl. The van der Waals surface area contributed by atoms with Gasteiger partial charge in [0.25, 0.3) is 0 Å². The Morgan fingerprint density at radius 3 is 2.15 bits per heavy atom. The molecule has 2 amide bonds. The molecule has 2 rings (SSSR count). The van der Waals surface area contributed by atoms with Gasteiger partial charge in [0, 0.05) is 28.7 Å². The van der Waals surface area contributed by atoms with Gasteiger partial charge in [-0.15, -0.1) is 0 Å². The van der Waals surface area contributed by atoms with Crippen LogP contribution in [0.3, 0.4) is 0 Å². The highest BCUT2D eigenvalue weighted by Crippen LogP contribution is 2.26. The zero-order chi connectivity index (χ0) is 20.0. The standard InChI is InChI=1S/C20H21Cl3N2O2/c1-3-18(20(27)24-2)25(12-13-7-9-14(21)10-8-13)19(26)11-15-16(22)5-4-6-17(15)23/h4-10,18H,3,11-12H2,1-2H3,(H,24,27)/t18-/m1/s1. The van der Waals surface area contributed by atoms with Gasteiger partial charge in [-0.05, 0) is 41.8 Å². The zero-order valence-electron chi connectivity index (χ0n) is 15.1. The third-order valence-corrected chi connectivity index (χ3v) is 5.25. The number of hydrogen-bond acceptors (Lipinski definition) is 2. The molecule has 0 aliphatic heterocycles. The van der Waals surface area contributed by atoms with Crippen LogP contribution in [-0.4, -0.2) is 29.8 Å². The topological polar surface area (TPSA) is 49.4 Å². The monoisotopic (exact) mass is 426 g/mol. The number of amides is 2. The maximum atomic E-state index is 13.1. The molecule has 0 aliphatic carbocycles. The van der Waals surface area contributed by atoms with Crippen LogP contribution in [0.4, 0.5) is 0 Å². The highest BCUT2D eigenvalue weighted by atomic mass is 35.5. The van der Waals surface area contributed by atoms with Crippen LogP contribution in [0.2, 0.25) is 15.1 Å². The molecule has 1 atom stereocenters. The summed E-state index contributed by atoms with van der Waals surface area (Å²) in [4.78, 5) is 27.0. The van der Waals surface area contributed by atoms with Crippen LogP contribution in [-0.2, 0) is 22.6 Å². The molecule has 0 unspecified atom stereocenters. The first kappa shape index (κ1) is 21.5. The summed E-state index contributed by atoms with van der Waals surface area (Å²) in [6.45, 7) is 2.15. The van der Waals surface area contributed by atoms with Crippen molar-refractivity contribution in [2.45, 2.75) is 32.4 Å². The van der Waals surface area contributed by atoms with Gasteiger partial charge in [-0.3, -0.25) is 9.59 Å². The summed E-state index contributed by atoms with van der Waals surface area (Å²) in [5.41, 5.74) is 1.43. The van der Waals surface area contributed by atoms with E-state index >= 15 is 0 Å². The summed E-state index contributed by atoms with van der Waals surface area (Å²) in [7, 11) is 1.56. The highest BCUT2D eigenvalue weighted by Gasteiger charge is 2.28. The van der Waals surface area contributed by atoms with Gasteiger partial charge >= 0.3 is 0 Å². The minimum absolute atomic E-state index is 0.0135. The fourth-order valence-electron chi connectivity index (χ4n) is 2.83. The van der Waals surface area contributed by atoms with E-state index in [9.17, 15) is 9.59 Å². The first-order valence-corrected chi connectivity index (χ1v) is 9.69. The van der Waals surface area contributed by atoms with Gasteiger partial charge in [0.05, 0.1) is 6.42 Å². The van der Waals surface area contributed by atoms with Crippen LogP contribution in [0.25, 0.3) is 0 Å². The zero-order valence-corrected chi connectivity index (χ0v) is 17.4. The molecule has 144 valence electrons. The van der Waals surface area contributed by atoms with Gasteiger partial charge in [0.2, 0.25) is 11.8 Å². The van der Waals surface area contributed by atoms with Crippen molar-refractivity contribution in [2.75, 3.05) is 7.05 Å². The van der Waals surface area contributed by atoms with E-state index in [2.05, 4.69) is 5.32 Å². The largest absolute Gasteiger partial charge is 0.357 e. The predicted octanol–water partition coefficient (Wildman–Crippen LogP) is 4.74. The summed E-state index contributed by atoms with van der Waals surface area (Å²) >= 11 is 18.4. The van der Waals surface area contributed by atoms with Gasteiger partial charge in [0.1, 0.15) is 6.04 Å². The molecule has 0 aliphatic rings. The van der Waals surface area contributed by atoms with Crippen LogP contribution in [0, 0.1) is 0 Å². The number of carbonyl (C=O) groups is 2. The number of nitrogens with one attached hydrogen (secondary N) is 1. The van der Waals surface area contributed by atoms with Crippen LogP contribution in [0.15, 0.2) is 42.5 Å². The quantitative estimate of drug-likeness (QED) is 0.693. The third kappa shape index (κ3) is 5.61. The van der Waals surface area contributed by atoms with Gasteiger partial charge in [-0.25, -0.2) is 0 Å². The van der Waals surface area contributed by atoms with Crippen LogP contribution in [0.1, 0.15) is 24.5 Å². The third-order valence-electron chi connectivity index (χ3n) is 4.29. The van der Waals surface area contributed by atoms with Crippen molar-refractivity contribution in [1.82, 2.24) is 10.2 Å². The molecule has 7 heteroatoms. The first-order valence-electron chi connectivity index (χ1n) is 8.55. The molecule has 1 N–H and O–H groups in total. The maximum absolute atomic E-state index is 13.1. The lowest BCUT2D eigenvalue weighted by atomic mass is 10.1. The second-order valence-electron chi connectivity index (χ2n) is 6.06. The Labute approximate surface area is 174 Å². The van der Waals surface area contributed by atoms with Gasteiger partial charge in [0.15, 0.2) is 0 Å². The van der Waals surface area contributed by atoms with E-state index in [1.807, 2.05) is 19.1 Å². The molecular formula is C20H21Cl3N2O2. The lowest BCUT2D eigenvalue weighted by Gasteiger charge is -2.30.